The molecule has 4 nitrogen and oxygen atoms in total. The summed E-state index contributed by atoms with van der Waals surface area (Å²) in [6, 6.07) is 4.11. The molecular formula is C15H23BrCl2N2O2-2. The van der Waals surface area contributed by atoms with E-state index in [2.05, 4.69) is 32.6 Å². The molecule has 0 aliphatic carbocycles. The predicted octanol–water partition coefficient (Wildman–Crippen LogP) is -3.44. The zero-order chi connectivity index (χ0) is 14.4. The second-order valence-corrected chi connectivity index (χ2v) is 5.99. The minimum absolute atomic E-state index is 0. The first-order chi connectivity index (χ1) is 9.74. The Labute approximate surface area is 153 Å². The topological polar surface area (TPSA) is 42.5 Å². The van der Waals surface area contributed by atoms with Gasteiger partial charge < -0.3 is 44.9 Å². The van der Waals surface area contributed by atoms with Gasteiger partial charge >= 0.3 is 0 Å². The molecule has 0 amide bonds. The third kappa shape index (κ3) is 6.13. The van der Waals surface area contributed by atoms with E-state index in [0.29, 0.717) is 0 Å². The number of rotatable bonds is 6. The maximum atomic E-state index is 5.36. The summed E-state index contributed by atoms with van der Waals surface area (Å²) in [5.41, 5.74) is 1.20. The van der Waals surface area contributed by atoms with E-state index in [1.807, 2.05) is 6.07 Å². The van der Waals surface area contributed by atoms with Gasteiger partial charge in [-0.1, -0.05) is 0 Å². The Morgan fingerprint density at radius 1 is 1.18 bits per heavy atom. The lowest BCUT2D eigenvalue weighted by molar-refractivity contribution is -0.001000. The van der Waals surface area contributed by atoms with Crippen molar-refractivity contribution in [1.29, 1.82) is 0 Å². The van der Waals surface area contributed by atoms with Crippen molar-refractivity contribution in [3.05, 3.63) is 22.2 Å². The highest BCUT2D eigenvalue weighted by atomic mass is 79.9. The fourth-order valence-corrected chi connectivity index (χ4v) is 3.23. The molecule has 7 heteroatoms. The van der Waals surface area contributed by atoms with E-state index in [-0.39, 0.29) is 24.8 Å². The monoisotopic (exact) mass is 412 g/mol. The molecule has 0 unspecified atom stereocenters. The highest BCUT2D eigenvalue weighted by Gasteiger charge is 2.13. The normalized spacial score (nSPS) is 14.7. The van der Waals surface area contributed by atoms with Crippen LogP contribution in [0.2, 0.25) is 0 Å². The Morgan fingerprint density at radius 2 is 1.86 bits per heavy atom. The van der Waals surface area contributed by atoms with E-state index in [0.717, 1.165) is 48.1 Å². The first-order valence-corrected chi connectivity index (χ1v) is 7.85. The van der Waals surface area contributed by atoms with Crippen LogP contribution in [0, 0.1) is 5.92 Å². The van der Waals surface area contributed by atoms with Crippen molar-refractivity contribution in [1.82, 2.24) is 10.6 Å². The molecule has 0 bridgehead atoms. The lowest BCUT2D eigenvalue weighted by Gasteiger charge is -2.23. The molecule has 1 fully saturated rings. The highest BCUT2D eigenvalue weighted by Crippen LogP contribution is 2.36. The number of hydrogen-bond acceptors (Lipinski definition) is 4. The summed E-state index contributed by atoms with van der Waals surface area (Å²) in [7, 11) is 3.31. The largest absolute Gasteiger partial charge is 1.00 e. The van der Waals surface area contributed by atoms with Gasteiger partial charge in [-0.3, -0.25) is 0 Å². The Bertz CT molecular complexity index is 444. The van der Waals surface area contributed by atoms with E-state index in [9.17, 15) is 0 Å². The molecule has 0 saturated carbocycles. The third-order valence-electron chi connectivity index (χ3n) is 3.71. The van der Waals surface area contributed by atoms with Gasteiger partial charge in [-0.05, 0) is 72.0 Å². The number of benzene rings is 1. The molecule has 1 aromatic rings. The van der Waals surface area contributed by atoms with Crippen LogP contribution in [-0.2, 0) is 6.54 Å². The van der Waals surface area contributed by atoms with Gasteiger partial charge in [0.25, 0.3) is 0 Å². The number of piperidine rings is 1. The summed E-state index contributed by atoms with van der Waals surface area (Å²) < 4.78 is 11.6. The van der Waals surface area contributed by atoms with Crippen LogP contribution in [0.3, 0.4) is 0 Å². The number of nitrogens with one attached hydrogen (secondary N) is 2. The molecule has 22 heavy (non-hydrogen) atoms. The molecule has 0 radical (unpaired) electrons. The van der Waals surface area contributed by atoms with Crippen molar-refractivity contribution in [3.8, 4) is 11.5 Å². The van der Waals surface area contributed by atoms with E-state index >= 15 is 0 Å². The average Bonchev–Trinajstić information content (AvgIpc) is 2.47. The molecule has 0 atom stereocenters. The maximum absolute atomic E-state index is 5.36. The Kier molecular flexibility index (Phi) is 11.3. The lowest BCUT2D eigenvalue weighted by atomic mass is 9.98. The van der Waals surface area contributed by atoms with Crippen LogP contribution >= 0.6 is 15.9 Å². The van der Waals surface area contributed by atoms with Crippen LogP contribution in [0.25, 0.3) is 0 Å². The molecule has 1 aliphatic heterocycles. The minimum Gasteiger partial charge on any atom is -1.00 e. The third-order valence-corrected chi connectivity index (χ3v) is 4.30. The van der Waals surface area contributed by atoms with Crippen molar-refractivity contribution in [2.45, 2.75) is 19.4 Å². The van der Waals surface area contributed by atoms with Crippen LogP contribution < -0.4 is 44.9 Å². The Morgan fingerprint density at radius 3 is 2.45 bits per heavy atom. The van der Waals surface area contributed by atoms with Crippen molar-refractivity contribution >= 4 is 15.9 Å². The summed E-state index contributed by atoms with van der Waals surface area (Å²) in [5.74, 6) is 2.30. The van der Waals surface area contributed by atoms with Gasteiger partial charge in [0.1, 0.15) is 0 Å². The summed E-state index contributed by atoms with van der Waals surface area (Å²) in [4.78, 5) is 0. The number of ether oxygens (including phenoxy) is 2. The first kappa shape index (κ1) is 21.8. The summed E-state index contributed by atoms with van der Waals surface area (Å²) >= 11 is 3.53. The molecule has 1 heterocycles. The quantitative estimate of drug-likeness (QED) is 0.509. The minimum atomic E-state index is 0. The van der Waals surface area contributed by atoms with Gasteiger partial charge in [0, 0.05) is 6.54 Å². The van der Waals surface area contributed by atoms with E-state index in [4.69, 9.17) is 9.47 Å². The average molecular weight is 414 g/mol. The van der Waals surface area contributed by atoms with Crippen molar-refractivity contribution in [2.24, 2.45) is 5.92 Å². The maximum Gasteiger partial charge on any atom is 0.174 e. The SMILES string of the molecule is COc1cc(CNCC2CCNCC2)cc(Br)c1OC.[Cl-].[Cl-]. The Balaban J connectivity index is 0.00000220. The van der Waals surface area contributed by atoms with Crippen molar-refractivity contribution in [2.75, 3.05) is 33.9 Å². The first-order valence-electron chi connectivity index (χ1n) is 7.06. The number of halogens is 3. The summed E-state index contributed by atoms with van der Waals surface area (Å²) in [6.45, 7) is 4.22. The second kappa shape index (κ2) is 11.4. The number of hydrogen-bond donors (Lipinski definition) is 2. The van der Waals surface area contributed by atoms with Gasteiger partial charge in [0.15, 0.2) is 11.5 Å². The van der Waals surface area contributed by atoms with Gasteiger partial charge in [-0.15, -0.1) is 0 Å². The molecule has 2 rings (SSSR count). The molecule has 0 aromatic heterocycles. The van der Waals surface area contributed by atoms with Crippen molar-refractivity contribution in [3.63, 3.8) is 0 Å². The van der Waals surface area contributed by atoms with E-state index in [1.54, 1.807) is 14.2 Å². The van der Waals surface area contributed by atoms with Crippen molar-refractivity contribution < 1.29 is 34.3 Å². The van der Waals surface area contributed by atoms with Crippen LogP contribution in [0.1, 0.15) is 18.4 Å². The van der Waals surface area contributed by atoms with E-state index in [1.165, 1.54) is 18.4 Å². The van der Waals surface area contributed by atoms with Gasteiger partial charge in [-0.2, -0.15) is 0 Å². The lowest BCUT2D eigenvalue weighted by Crippen LogP contribution is -3.00. The smallest absolute Gasteiger partial charge is 0.174 e. The molecule has 2 N–H and O–H groups in total. The van der Waals surface area contributed by atoms with Gasteiger partial charge in [0.05, 0.1) is 18.7 Å². The molecule has 128 valence electrons. The standard InChI is InChI=1S/C15H23BrN2O2.2ClH/c1-19-14-8-12(7-13(16)15(14)20-2)10-18-9-11-3-5-17-6-4-11;;/h7-8,11,17-18H,3-6,9-10H2,1-2H3;2*1H/p-2. The highest BCUT2D eigenvalue weighted by molar-refractivity contribution is 9.10. The summed E-state index contributed by atoms with van der Waals surface area (Å²) in [6.07, 6.45) is 2.53. The molecule has 0 spiro atoms. The second-order valence-electron chi connectivity index (χ2n) is 5.14. The molecule has 1 aromatic carbocycles. The van der Waals surface area contributed by atoms with E-state index < -0.39 is 0 Å². The zero-order valence-electron chi connectivity index (χ0n) is 12.9. The zero-order valence-corrected chi connectivity index (χ0v) is 16.0. The predicted molar refractivity (Wildman–Crippen MR) is 84.5 cm³/mol. The molecule has 1 saturated heterocycles. The van der Waals surface area contributed by atoms with Crippen LogP contribution in [0.4, 0.5) is 0 Å². The Hall–Kier alpha value is -0.200. The van der Waals surface area contributed by atoms with Crippen LogP contribution in [-0.4, -0.2) is 33.9 Å². The number of methoxy groups -OCH3 is 2. The van der Waals surface area contributed by atoms with Crippen LogP contribution in [0.5, 0.6) is 11.5 Å². The fraction of sp³-hybridized carbons (Fsp3) is 0.600. The molecular weight excluding hydrogens is 391 g/mol. The fourth-order valence-electron chi connectivity index (χ4n) is 2.58. The van der Waals surface area contributed by atoms with Gasteiger partial charge in [0.2, 0.25) is 0 Å². The van der Waals surface area contributed by atoms with Gasteiger partial charge in [-0.25, -0.2) is 0 Å². The summed E-state index contributed by atoms with van der Waals surface area (Å²) in [5, 5.41) is 6.94. The molecule has 1 aliphatic rings. The van der Waals surface area contributed by atoms with Crippen LogP contribution in [0.15, 0.2) is 16.6 Å².